The molecule has 3 nitrogen and oxygen atoms in total. The zero-order chi connectivity index (χ0) is 11.5. The van der Waals surface area contributed by atoms with Crippen LogP contribution < -0.4 is 5.32 Å². The number of hydrogen-bond acceptors (Lipinski definition) is 2. The van der Waals surface area contributed by atoms with Crippen molar-refractivity contribution in [2.24, 2.45) is 5.92 Å². The van der Waals surface area contributed by atoms with Crippen LogP contribution in [0.3, 0.4) is 0 Å². The Bertz CT molecular complexity index is 343. The second kappa shape index (κ2) is 4.91. The van der Waals surface area contributed by atoms with Crippen LogP contribution in [0, 0.1) is 12.8 Å². The third kappa shape index (κ3) is 2.58. The summed E-state index contributed by atoms with van der Waals surface area (Å²) in [5.41, 5.74) is 0.396. The van der Waals surface area contributed by atoms with Gasteiger partial charge in [0, 0.05) is 12.1 Å². The lowest BCUT2D eigenvalue weighted by Gasteiger charge is -2.21. The maximum atomic E-state index is 12.5. The van der Waals surface area contributed by atoms with E-state index in [1.807, 2.05) is 0 Å². The summed E-state index contributed by atoms with van der Waals surface area (Å²) in [6.45, 7) is 3.68. The molecule has 90 valence electrons. The minimum Gasteiger partial charge on any atom is -0.346 e. The largest absolute Gasteiger partial charge is 0.346 e. The van der Waals surface area contributed by atoms with E-state index in [0.29, 0.717) is 17.4 Å². The minimum absolute atomic E-state index is 0.0984. The van der Waals surface area contributed by atoms with Crippen LogP contribution >= 0.6 is 0 Å². The SMILES string of the molecule is Cc1[nH]c(CC2CCCNC2)nc1C(F)F. The molecular weight excluding hydrogens is 212 g/mol. The zero-order valence-corrected chi connectivity index (χ0v) is 9.39. The molecule has 1 fully saturated rings. The Labute approximate surface area is 93.7 Å². The Morgan fingerprint density at radius 2 is 2.31 bits per heavy atom. The molecule has 0 aromatic carbocycles. The molecule has 0 bridgehead atoms. The number of rotatable bonds is 3. The Morgan fingerprint density at radius 1 is 1.50 bits per heavy atom. The summed E-state index contributed by atoms with van der Waals surface area (Å²) < 4.78 is 25.0. The summed E-state index contributed by atoms with van der Waals surface area (Å²) in [6, 6.07) is 0. The summed E-state index contributed by atoms with van der Waals surface area (Å²) in [5, 5.41) is 3.31. The van der Waals surface area contributed by atoms with Crippen molar-refractivity contribution in [1.29, 1.82) is 0 Å². The normalized spacial score (nSPS) is 21.6. The maximum absolute atomic E-state index is 12.5. The number of H-pyrrole nitrogens is 1. The van der Waals surface area contributed by atoms with Gasteiger partial charge in [-0.3, -0.25) is 0 Å². The van der Waals surface area contributed by atoms with Gasteiger partial charge in [0.25, 0.3) is 6.43 Å². The number of piperidine rings is 1. The molecule has 0 radical (unpaired) electrons. The second-order valence-electron chi connectivity index (χ2n) is 4.41. The Hall–Kier alpha value is -0.970. The Balaban J connectivity index is 2.01. The van der Waals surface area contributed by atoms with E-state index in [1.165, 1.54) is 0 Å². The fraction of sp³-hybridized carbons (Fsp3) is 0.727. The van der Waals surface area contributed by atoms with Crippen molar-refractivity contribution in [2.75, 3.05) is 13.1 Å². The van der Waals surface area contributed by atoms with E-state index in [2.05, 4.69) is 15.3 Å². The standard InChI is InChI=1S/C11H17F2N3/c1-7-10(11(12)13)16-9(15-7)5-8-3-2-4-14-6-8/h8,11,14H,2-6H2,1H3,(H,15,16). The van der Waals surface area contributed by atoms with Crippen molar-refractivity contribution in [3.8, 4) is 0 Å². The average molecular weight is 229 g/mol. The van der Waals surface area contributed by atoms with Gasteiger partial charge in [-0.2, -0.15) is 0 Å². The number of halogens is 2. The number of aryl methyl sites for hydroxylation is 1. The monoisotopic (exact) mass is 229 g/mol. The number of imidazole rings is 1. The molecule has 0 amide bonds. The second-order valence-corrected chi connectivity index (χ2v) is 4.41. The lowest BCUT2D eigenvalue weighted by atomic mass is 9.96. The van der Waals surface area contributed by atoms with Gasteiger partial charge < -0.3 is 10.3 Å². The topological polar surface area (TPSA) is 40.7 Å². The molecule has 2 rings (SSSR count). The van der Waals surface area contributed by atoms with Crippen LogP contribution in [-0.2, 0) is 6.42 Å². The van der Waals surface area contributed by atoms with Crippen molar-refractivity contribution >= 4 is 0 Å². The van der Waals surface area contributed by atoms with E-state index in [1.54, 1.807) is 6.92 Å². The van der Waals surface area contributed by atoms with Gasteiger partial charge >= 0.3 is 0 Å². The molecule has 0 spiro atoms. The average Bonchev–Trinajstić information content (AvgIpc) is 2.61. The number of alkyl halides is 2. The number of aromatic nitrogens is 2. The van der Waals surface area contributed by atoms with Crippen molar-refractivity contribution < 1.29 is 8.78 Å². The van der Waals surface area contributed by atoms with Crippen molar-refractivity contribution in [1.82, 2.24) is 15.3 Å². The molecular formula is C11H17F2N3. The Morgan fingerprint density at radius 3 is 2.88 bits per heavy atom. The highest BCUT2D eigenvalue weighted by Gasteiger charge is 2.19. The molecule has 2 N–H and O–H groups in total. The van der Waals surface area contributed by atoms with E-state index in [9.17, 15) is 8.78 Å². The van der Waals surface area contributed by atoms with Gasteiger partial charge in [0.1, 0.15) is 11.5 Å². The van der Waals surface area contributed by atoms with Crippen molar-refractivity contribution in [3.05, 3.63) is 17.2 Å². The molecule has 0 saturated carbocycles. The summed E-state index contributed by atoms with van der Waals surface area (Å²) in [7, 11) is 0. The first-order chi connectivity index (χ1) is 7.66. The first kappa shape index (κ1) is 11.5. The van der Waals surface area contributed by atoms with Crippen molar-refractivity contribution in [2.45, 2.75) is 32.6 Å². The van der Waals surface area contributed by atoms with Crippen LogP contribution in [0.25, 0.3) is 0 Å². The lowest BCUT2D eigenvalue weighted by molar-refractivity contribution is 0.145. The van der Waals surface area contributed by atoms with Gasteiger partial charge in [-0.1, -0.05) is 0 Å². The molecule has 1 unspecified atom stereocenters. The molecule has 1 atom stereocenters. The maximum Gasteiger partial charge on any atom is 0.282 e. The van der Waals surface area contributed by atoms with Gasteiger partial charge in [-0.15, -0.1) is 0 Å². The molecule has 5 heteroatoms. The molecule has 2 heterocycles. The number of aromatic amines is 1. The summed E-state index contributed by atoms with van der Waals surface area (Å²) >= 11 is 0. The number of nitrogens with one attached hydrogen (secondary N) is 2. The molecule has 1 aromatic rings. The molecule has 0 aliphatic carbocycles. The predicted octanol–water partition coefficient (Wildman–Crippen LogP) is 2.20. The third-order valence-electron chi connectivity index (χ3n) is 3.06. The highest BCUT2D eigenvalue weighted by molar-refractivity contribution is 5.14. The quantitative estimate of drug-likeness (QED) is 0.834. The summed E-state index contributed by atoms with van der Waals surface area (Å²) in [4.78, 5) is 6.92. The van der Waals surface area contributed by atoms with E-state index in [-0.39, 0.29) is 5.69 Å². The van der Waals surface area contributed by atoms with Gasteiger partial charge in [0.15, 0.2) is 0 Å². The summed E-state index contributed by atoms with van der Waals surface area (Å²) in [6.07, 6.45) is 0.595. The van der Waals surface area contributed by atoms with E-state index < -0.39 is 6.43 Å². The molecule has 1 aliphatic heterocycles. The van der Waals surface area contributed by atoms with Gasteiger partial charge in [0.05, 0.1) is 0 Å². The van der Waals surface area contributed by atoms with Gasteiger partial charge in [-0.25, -0.2) is 13.8 Å². The zero-order valence-electron chi connectivity index (χ0n) is 9.39. The first-order valence-corrected chi connectivity index (χ1v) is 5.71. The Kier molecular flexibility index (Phi) is 3.53. The van der Waals surface area contributed by atoms with Crippen LogP contribution in [0.1, 0.15) is 36.5 Å². The lowest BCUT2D eigenvalue weighted by Crippen LogP contribution is -2.31. The van der Waals surface area contributed by atoms with Crippen LogP contribution in [0.15, 0.2) is 0 Å². The molecule has 1 saturated heterocycles. The van der Waals surface area contributed by atoms with Gasteiger partial charge in [0.2, 0.25) is 0 Å². The smallest absolute Gasteiger partial charge is 0.282 e. The van der Waals surface area contributed by atoms with E-state index >= 15 is 0 Å². The fourth-order valence-electron chi connectivity index (χ4n) is 2.22. The van der Waals surface area contributed by atoms with Crippen LogP contribution in [0.2, 0.25) is 0 Å². The predicted molar refractivity (Wildman–Crippen MR) is 57.6 cm³/mol. The van der Waals surface area contributed by atoms with E-state index in [4.69, 9.17) is 0 Å². The first-order valence-electron chi connectivity index (χ1n) is 5.71. The van der Waals surface area contributed by atoms with Crippen LogP contribution in [0.4, 0.5) is 8.78 Å². The third-order valence-corrected chi connectivity index (χ3v) is 3.06. The van der Waals surface area contributed by atoms with Crippen LogP contribution in [-0.4, -0.2) is 23.1 Å². The highest BCUT2D eigenvalue weighted by atomic mass is 19.3. The van der Waals surface area contributed by atoms with Crippen molar-refractivity contribution in [3.63, 3.8) is 0 Å². The minimum atomic E-state index is -2.48. The summed E-state index contributed by atoms with van der Waals surface area (Å²) in [5.74, 6) is 1.21. The van der Waals surface area contributed by atoms with Crippen LogP contribution in [0.5, 0.6) is 0 Å². The fourth-order valence-corrected chi connectivity index (χ4v) is 2.22. The number of hydrogen-bond donors (Lipinski definition) is 2. The molecule has 1 aromatic heterocycles. The molecule has 1 aliphatic rings. The van der Waals surface area contributed by atoms with Gasteiger partial charge in [-0.05, 0) is 38.8 Å². The highest BCUT2D eigenvalue weighted by Crippen LogP contribution is 2.22. The number of nitrogens with zero attached hydrogens (tertiary/aromatic N) is 1. The molecule has 16 heavy (non-hydrogen) atoms. The van der Waals surface area contributed by atoms with E-state index in [0.717, 1.165) is 32.4 Å².